The maximum atomic E-state index is 13.3. The third kappa shape index (κ3) is 4.62. The van der Waals surface area contributed by atoms with Crippen LogP contribution in [-0.4, -0.2) is 49.4 Å². The number of anilines is 1. The number of nitrogens with one attached hydrogen (secondary N) is 1. The molecular formula is C24H28ClN3O2. The van der Waals surface area contributed by atoms with E-state index in [4.69, 9.17) is 11.6 Å². The summed E-state index contributed by atoms with van der Waals surface area (Å²) in [6.45, 7) is 4.00. The number of hydrogen-bond acceptors (Lipinski definition) is 3. The van der Waals surface area contributed by atoms with Gasteiger partial charge in [-0.05, 0) is 55.9 Å². The van der Waals surface area contributed by atoms with Gasteiger partial charge in [0.05, 0.1) is 16.1 Å². The van der Waals surface area contributed by atoms with Gasteiger partial charge in [0.15, 0.2) is 0 Å². The van der Waals surface area contributed by atoms with E-state index in [-0.39, 0.29) is 17.7 Å². The van der Waals surface area contributed by atoms with E-state index < -0.39 is 0 Å². The van der Waals surface area contributed by atoms with Crippen LogP contribution < -0.4 is 10.2 Å². The molecule has 2 fully saturated rings. The maximum absolute atomic E-state index is 13.3. The van der Waals surface area contributed by atoms with Crippen LogP contribution in [0.25, 0.3) is 0 Å². The fourth-order valence-electron chi connectivity index (χ4n) is 4.45. The summed E-state index contributed by atoms with van der Waals surface area (Å²) in [5.41, 5.74) is 2.33. The predicted molar refractivity (Wildman–Crippen MR) is 120 cm³/mol. The molecular weight excluding hydrogens is 398 g/mol. The van der Waals surface area contributed by atoms with Gasteiger partial charge < -0.3 is 15.1 Å². The second kappa shape index (κ2) is 9.52. The molecule has 2 aromatic rings. The fraction of sp³-hybridized carbons (Fsp3) is 0.417. The summed E-state index contributed by atoms with van der Waals surface area (Å²) in [4.78, 5) is 30.0. The SMILES string of the molecule is O=C(NC[C@H]1CCCN(C(=O)c2ccccc2N2CCCC2)C1)c1ccccc1Cl. The molecule has 30 heavy (non-hydrogen) atoms. The van der Waals surface area contributed by atoms with Crippen LogP contribution >= 0.6 is 11.6 Å². The van der Waals surface area contributed by atoms with Crippen LogP contribution in [0.4, 0.5) is 5.69 Å². The Kier molecular flexibility index (Phi) is 6.58. The lowest BCUT2D eigenvalue weighted by atomic mass is 9.97. The molecule has 0 radical (unpaired) electrons. The predicted octanol–water partition coefficient (Wildman–Crippen LogP) is 4.22. The Labute approximate surface area is 183 Å². The molecule has 5 nitrogen and oxygen atoms in total. The molecule has 0 aliphatic carbocycles. The molecule has 4 rings (SSSR count). The number of benzene rings is 2. The van der Waals surface area contributed by atoms with Gasteiger partial charge >= 0.3 is 0 Å². The summed E-state index contributed by atoms with van der Waals surface area (Å²) in [5, 5.41) is 3.45. The Morgan fingerprint density at radius 2 is 1.63 bits per heavy atom. The summed E-state index contributed by atoms with van der Waals surface area (Å²) in [6, 6.07) is 15.0. The van der Waals surface area contributed by atoms with Crippen LogP contribution in [-0.2, 0) is 0 Å². The van der Waals surface area contributed by atoms with Gasteiger partial charge in [0.25, 0.3) is 11.8 Å². The fourth-order valence-corrected chi connectivity index (χ4v) is 4.67. The highest BCUT2D eigenvalue weighted by atomic mass is 35.5. The Bertz CT molecular complexity index is 911. The van der Waals surface area contributed by atoms with Crippen LogP contribution in [0, 0.1) is 5.92 Å². The minimum atomic E-state index is -0.163. The molecule has 1 N–H and O–H groups in total. The van der Waals surface area contributed by atoms with Crippen molar-refractivity contribution in [3.05, 3.63) is 64.7 Å². The summed E-state index contributed by atoms with van der Waals surface area (Å²) in [5.74, 6) is 0.177. The first-order chi connectivity index (χ1) is 14.6. The molecule has 1 atom stereocenters. The third-order valence-electron chi connectivity index (χ3n) is 6.06. The molecule has 2 aromatic carbocycles. The molecule has 2 aliphatic heterocycles. The number of hydrogen-bond donors (Lipinski definition) is 1. The van der Waals surface area contributed by atoms with E-state index >= 15 is 0 Å². The molecule has 2 amide bonds. The number of carbonyl (C=O) groups excluding carboxylic acids is 2. The molecule has 0 unspecified atom stereocenters. The van der Waals surface area contributed by atoms with Crippen molar-refractivity contribution in [2.45, 2.75) is 25.7 Å². The van der Waals surface area contributed by atoms with Crippen LogP contribution in [0.15, 0.2) is 48.5 Å². The monoisotopic (exact) mass is 425 g/mol. The molecule has 6 heteroatoms. The molecule has 2 heterocycles. The number of nitrogens with zero attached hydrogens (tertiary/aromatic N) is 2. The number of para-hydroxylation sites is 1. The molecule has 2 aliphatic rings. The Balaban J connectivity index is 1.39. The quantitative estimate of drug-likeness (QED) is 0.780. The van der Waals surface area contributed by atoms with Crippen LogP contribution in [0.5, 0.6) is 0 Å². The average molecular weight is 426 g/mol. The van der Waals surface area contributed by atoms with E-state index in [9.17, 15) is 9.59 Å². The third-order valence-corrected chi connectivity index (χ3v) is 6.39. The van der Waals surface area contributed by atoms with Crippen LogP contribution in [0.1, 0.15) is 46.4 Å². The summed E-state index contributed by atoms with van der Waals surface area (Å²) < 4.78 is 0. The first-order valence-electron chi connectivity index (χ1n) is 10.8. The van der Waals surface area contributed by atoms with E-state index in [1.807, 2.05) is 29.2 Å². The van der Waals surface area contributed by atoms with Crippen LogP contribution in [0.3, 0.4) is 0 Å². The van der Waals surface area contributed by atoms with Crippen molar-refractivity contribution in [2.75, 3.05) is 37.6 Å². The number of halogens is 1. The zero-order chi connectivity index (χ0) is 20.9. The topological polar surface area (TPSA) is 52.7 Å². The van der Waals surface area contributed by atoms with E-state index in [1.165, 1.54) is 12.8 Å². The van der Waals surface area contributed by atoms with Gasteiger partial charge in [-0.1, -0.05) is 35.9 Å². The van der Waals surface area contributed by atoms with Crippen molar-refractivity contribution in [1.82, 2.24) is 10.2 Å². The summed E-state index contributed by atoms with van der Waals surface area (Å²) in [7, 11) is 0. The van der Waals surface area contributed by atoms with Gasteiger partial charge in [-0.2, -0.15) is 0 Å². The normalized spacial score (nSPS) is 19.0. The van der Waals surface area contributed by atoms with Gasteiger partial charge in [0, 0.05) is 38.4 Å². The van der Waals surface area contributed by atoms with Gasteiger partial charge in [-0.3, -0.25) is 9.59 Å². The highest BCUT2D eigenvalue weighted by Gasteiger charge is 2.27. The molecule has 0 saturated carbocycles. The van der Waals surface area contributed by atoms with Crippen molar-refractivity contribution >= 4 is 29.1 Å². The Morgan fingerprint density at radius 3 is 2.40 bits per heavy atom. The van der Waals surface area contributed by atoms with Gasteiger partial charge in [-0.25, -0.2) is 0 Å². The van der Waals surface area contributed by atoms with E-state index in [0.717, 1.165) is 43.7 Å². The highest BCUT2D eigenvalue weighted by Crippen LogP contribution is 2.27. The van der Waals surface area contributed by atoms with Crippen LogP contribution in [0.2, 0.25) is 5.02 Å². The Morgan fingerprint density at radius 1 is 0.933 bits per heavy atom. The summed E-state index contributed by atoms with van der Waals surface area (Å²) in [6.07, 6.45) is 4.31. The second-order valence-corrected chi connectivity index (χ2v) is 8.57. The second-order valence-electron chi connectivity index (χ2n) is 8.16. The maximum Gasteiger partial charge on any atom is 0.255 e. The zero-order valence-electron chi connectivity index (χ0n) is 17.1. The average Bonchev–Trinajstić information content (AvgIpc) is 3.32. The van der Waals surface area contributed by atoms with Crippen molar-refractivity contribution in [3.63, 3.8) is 0 Å². The van der Waals surface area contributed by atoms with E-state index in [0.29, 0.717) is 23.7 Å². The molecule has 0 spiro atoms. The smallest absolute Gasteiger partial charge is 0.255 e. The number of amides is 2. The van der Waals surface area contributed by atoms with Crippen molar-refractivity contribution in [1.29, 1.82) is 0 Å². The van der Waals surface area contributed by atoms with Gasteiger partial charge in [-0.15, -0.1) is 0 Å². The molecule has 158 valence electrons. The minimum Gasteiger partial charge on any atom is -0.371 e. The van der Waals surface area contributed by atoms with Crippen molar-refractivity contribution in [3.8, 4) is 0 Å². The first kappa shape index (κ1) is 20.7. The first-order valence-corrected chi connectivity index (χ1v) is 11.2. The van der Waals surface area contributed by atoms with E-state index in [2.05, 4.69) is 16.3 Å². The number of rotatable bonds is 5. The lowest BCUT2D eigenvalue weighted by Gasteiger charge is -2.34. The highest BCUT2D eigenvalue weighted by molar-refractivity contribution is 6.33. The summed E-state index contributed by atoms with van der Waals surface area (Å²) >= 11 is 6.12. The number of piperidine rings is 1. The minimum absolute atomic E-state index is 0.0969. The number of likely N-dealkylation sites (tertiary alicyclic amines) is 1. The number of carbonyl (C=O) groups is 2. The van der Waals surface area contributed by atoms with Gasteiger partial charge in [0.1, 0.15) is 0 Å². The molecule has 0 bridgehead atoms. The Hall–Kier alpha value is -2.53. The molecule has 2 saturated heterocycles. The van der Waals surface area contributed by atoms with E-state index in [1.54, 1.807) is 18.2 Å². The molecule has 0 aromatic heterocycles. The van der Waals surface area contributed by atoms with Gasteiger partial charge in [0.2, 0.25) is 0 Å². The van der Waals surface area contributed by atoms with Crippen molar-refractivity contribution in [2.24, 2.45) is 5.92 Å². The largest absolute Gasteiger partial charge is 0.371 e. The lowest BCUT2D eigenvalue weighted by Crippen LogP contribution is -2.44. The lowest BCUT2D eigenvalue weighted by molar-refractivity contribution is 0.0671. The van der Waals surface area contributed by atoms with Crippen molar-refractivity contribution < 1.29 is 9.59 Å². The zero-order valence-corrected chi connectivity index (χ0v) is 17.9. The standard InChI is InChI=1S/C24H28ClN3O2/c25-21-11-3-1-9-19(21)23(29)26-16-18-8-7-15-28(17-18)24(30)20-10-2-4-12-22(20)27-13-5-6-14-27/h1-4,9-12,18H,5-8,13-17H2,(H,26,29)/t18-/m1/s1.